The van der Waals surface area contributed by atoms with Crippen LogP contribution in [0.5, 0.6) is 0 Å². The van der Waals surface area contributed by atoms with E-state index < -0.39 is 40.7 Å². The van der Waals surface area contributed by atoms with Gasteiger partial charge < -0.3 is 16.0 Å². The number of imide groups is 1. The summed E-state index contributed by atoms with van der Waals surface area (Å²) in [7, 11) is 1.65. The molecule has 2 saturated heterocycles. The van der Waals surface area contributed by atoms with Crippen LogP contribution < -0.4 is 32.3 Å². The van der Waals surface area contributed by atoms with Gasteiger partial charge in [-0.15, -0.1) is 0 Å². The average Bonchev–Trinajstić information content (AvgIpc) is 3.79. The first-order valence-electron chi connectivity index (χ1n) is 21.3. The van der Waals surface area contributed by atoms with Crippen LogP contribution in [-0.4, -0.2) is 62.8 Å². The molecule has 4 aromatic rings. The van der Waals surface area contributed by atoms with Crippen molar-refractivity contribution in [1.82, 2.24) is 30.4 Å². The van der Waals surface area contributed by atoms with Gasteiger partial charge in [0.2, 0.25) is 29.5 Å². The van der Waals surface area contributed by atoms with Gasteiger partial charge in [-0.1, -0.05) is 66.7 Å². The maximum absolute atomic E-state index is 16.3. The van der Waals surface area contributed by atoms with E-state index in [0.717, 1.165) is 24.8 Å². The van der Waals surface area contributed by atoms with Crippen molar-refractivity contribution < 1.29 is 28.4 Å². The van der Waals surface area contributed by atoms with Crippen molar-refractivity contribution in [2.24, 2.45) is 13.0 Å². The van der Waals surface area contributed by atoms with Gasteiger partial charge in [-0.2, -0.15) is 0 Å². The Morgan fingerprint density at radius 2 is 1.66 bits per heavy atom. The van der Waals surface area contributed by atoms with Gasteiger partial charge in [0.15, 0.2) is 0 Å². The summed E-state index contributed by atoms with van der Waals surface area (Å²) in [5.41, 5.74) is 1.12. The maximum atomic E-state index is 16.3. The van der Waals surface area contributed by atoms with Gasteiger partial charge in [0, 0.05) is 54.1 Å². The second kappa shape index (κ2) is 16.0. The second-order valence-corrected chi connectivity index (χ2v) is 18.3. The highest BCUT2D eigenvalue weighted by molar-refractivity contribution is 6.31. The number of carbonyl (C=O) groups is 5. The summed E-state index contributed by atoms with van der Waals surface area (Å²) in [5.74, 6) is -3.34. The number of halogens is 3. The number of hydrogen-bond donors (Lipinski definition) is 5. The summed E-state index contributed by atoms with van der Waals surface area (Å²) in [4.78, 5) is 80.1. The van der Waals surface area contributed by atoms with E-state index in [1.54, 1.807) is 37.4 Å². The number of aryl methyl sites for hydroxylation is 1. The number of nitrogens with one attached hydrogen (secondary N) is 5. The largest absolute Gasteiger partial charge is 0.356 e. The second-order valence-electron chi connectivity index (χ2n) is 17.4. The van der Waals surface area contributed by atoms with Gasteiger partial charge in [0.1, 0.15) is 17.3 Å². The van der Waals surface area contributed by atoms with Crippen molar-refractivity contribution in [3.05, 3.63) is 97.6 Å². The normalized spacial score (nSPS) is 27.0. The Morgan fingerprint density at radius 3 is 2.41 bits per heavy atom. The molecule has 320 valence electrons. The molecule has 2 aliphatic carbocycles. The van der Waals surface area contributed by atoms with E-state index in [-0.39, 0.29) is 64.7 Å². The number of hydrogen-bond acceptors (Lipinski definition) is 7. The Bertz CT molecular complexity index is 2540. The molecule has 2 spiro atoms. The summed E-state index contributed by atoms with van der Waals surface area (Å²) >= 11 is 12.8. The minimum absolute atomic E-state index is 0.0663. The van der Waals surface area contributed by atoms with E-state index in [2.05, 4.69) is 26.6 Å². The standard InChI is InChI=1S/C45H48Cl2FN7O6/c1-54-34-22-24(8-15-32(34)55(43(54)61)33-16-17-35(56)52-40(33)58)18-21-49-39(57)25-9-12-27(13-10-25)50-41(59)38-36(28-6-5-7-30(47)37(28)48)45(44(53-38)19-3-2-4-20-44)29-14-11-26(46)23-31(29)51-42(45)60/h5-8,11,14-15,22-23,25,27,33,36,38,53H,2-4,9-10,12-13,16-21H2,1H3,(H,49,57)(H,50,59)(H,51,60)(H,52,56,58)/t25?,27?,33?,36-,38+,45+/m0/s1. The monoisotopic (exact) mass is 871 g/mol. The first kappa shape index (κ1) is 41.3. The van der Waals surface area contributed by atoms with Gasteiger partial charge in [0.05, 0.1) is 22.1 Å². The van der Waals surface area contributed by atoms with Crippen molar-refractivity contribution in [2.75, 3.05) is 11.9 Å². The fourth-order valence-corrected chi connectivity index (χ4v) is 11.6. The van der Waals surface area contributed by atoms with E-state index in [4.69, 9.17) is 23.2 Å². The summed E-state index contributed by atoms with van der Waals surface area (Å²) in [6, 6.07) is 13.6. The molecule has 3 aromatic carbocycles. The molecule has 1 aromatic heterocycles. The molecular formula is C45H48Cl2FN7O6. The van der Waals surface area contributed by atoms with Gasteiger partial charge in [-0.3, -0.25) is 43.7 Å². The molecule has 16 heteroatoms. The Labute approximate surface area is 361 Å². The number of fused-ring (bicyclic) bond motifs is 4. The minimum Gasteiger partial charge on any atom is -0.356 e. The summed E-state index contributed by atoms with van der Waals surface area (Å²) < 4.78 is 19.2. The molecule has 5 aliphatic rings. The van der Waals surface area contributed by atoms with E-state index in [1.165, 1.54) is 15.2 Å². The third-order valence-corrected chi connectivity index (χ3v) is 14.7. The number of rotatable bonds is 8. The van der Waals surface area contributed by atoms with Crippen molar-refractivity contribution in [1.29, 1.82) is 0 Å². The Hall–Kier alpha value is -5.05. The number of aromatic nitrogens is 2. The third-order valence-electron chi connectivity index (χ3n) is 14.1. The van der Waals surface area contributed by atoms with Gasteiger partial charge in [0.25, 0.3) is 0 Å². The third kappa shape index (κ3) is 6.85. The average molecular weight is 873 g/mol. The first-order valence-corrected chi connectivity index (χ1v) is 22.0. The summed E-state index contributed by atoms with van der Waals surface area (Å²) in [5, 5.41) is 15.7. The predicted octanol–water partition coefficient (Wildman–Crippen LogP) is 5.45. The molecule has 3 aliphatic heterocycles. The predicted molar refractivity (Wildman–Crippen MR) is 228 cm³/mol. The lowest BCUT2D eigenvalue weighted by molar-refractivity contribution is -0.136. The van der Waals surface area contributed by atoms with Gasteiger partial charge in [-0.25, -0.2) is 9.18 Å². The molecule has 4 atom stereocenters. The molecule has 2 saturated carbocycles. The lowest BCUT2D eigenvalue weighted by Crippen LogP contribution is -2.60. The van der Waals surface area contributed by atoms with Gasteiger partial charge >= 0.3 is 5.69 Å². The molecule has 9 rings (SSSR count). The maximum Gasteiger partial charge on any atom is 0.329 e. The molecular weight excluding hydrogens is 824 g/mol. The fourth-order valence-electron chi connectivity index (χ4n) is 11.3. The number of piperidine rings is 1. The lowest BCUT2D eigenvalue weighted by atomic mass is 9.55. The van der Waals surface area contributed by atoms with Crippen LogP contribution >= 0.6 is 23.2 Å². The van der Waals surface area contributed by atoms with Crippen LogP contribution in [0.25, 0.3) is 11.0 Å². The molecule has 13 nitrogen and oxygen atoms in total. The summed E-state index contributed by atoms with van der Waals surface area (Å²) in [6.07, 6.45) is 7.11. The van der Waals surface area contributed by atoms with Crippen LogP contribution in [0, 0.1) is 11.7 Å². The zero-order valence-corrected chi connectivity index (χ0v) is 35.3. The highest BCUT2D eigenvalue weighted by atomic mass is 35.5. The van der Waals surface area contributed by atoms with Gasteiger partial charge in [-0.05, 0) is 98.4 Å². The minimum atomic E-state index is -1.32. The topological polar surface area (TPSA) is 172 Å². The zero-order valence-electron chi connectivity index (χ0n) is 33.8. The SMILES string of the molecule is Cn1c(=O)n(C2CCC(=O)NC2=O)c2ccc(CCNC(=O)C3CCC(NC(=O)[C@@H]4NC5(CCCCC5)[C@@]5(C(=O)Nc6cc(Cl)ccc65)[C@H]4c4cccc(Cl)c4F)CC3)cc21. The zero-order chi connectivity index (χ0) is 42.8. The molecule has 5 N–H and O–H groups in total. The quantitative estimate of drug-likeness (QED) is 0.147. The molecule has 0 bridgehead atoms. The Kier molecular flexibility index (Phi) is 10.8. The van der Waals surface area contributed by atoms with E-state index in [1.807, 2.05) is 18.2 Å². The molecule has 4 heterocycles. The first-order chi connectivity index (χ1) is 29.3. The van der Waals surface area contributed by atoms with E-state index in [0.29, 0.717) is 78.8 Å². The number of amides is 5. The highest BCUT2D eigenvalue weighted by Crippen LogP contribution is 2.62. The lowest BCUT2D eigenvalue weighted by Gasteiger charge is -2.47. The molecule has 0 radical (unpaired) electrons. The molecule has 5 amide bonds. The number of anilines is 1. The van der Waals surface area contributed by atoms with Crippen LogP contribution in [0.1, 0.15) is 99.3 Å². The smallest absolute Gasteiger partial charge is 0.329 e. The van der Waals surface area contributed by atoms with Crippen LogP contribution in [0.2, 0.25) is 10.0 Å². The number of benzene rings is 3. The highest BCUT2D eigenvalue weighted by Gasteiger charge is 2.72. The van der Waals surface area contributed by atoms with Crippen LogP contribution in [0.3, 0.4) is 0 Å². The number of imidazole rings is 1. The van der Waals surface area contributed by atoms with E-state index in [9.17, 15) is 28.8 Å². The van der Waals surface area contributed by atoms with Crippen LogP contribution in [-0.2, 0) is 42.9 Å². The Balaban J connectivity index is 0.871. The molecule has 1 unspecified atom stereocenters. The van der Waals surface area contributed by atoms with Crippen molar-refractivity contribution in [3.63, 3.8) is 0 Å². The molecule has 61 heavy (non-hydrogen) atoms. The summed E-state index contributed by atoms with van der Waals surface area (Å²) in [6.45, 7) is 0.379. The fraction of sp³-hybridized carbons (Fsp3) is 0.467. The number of nitrogens with zero attached hydrogens (tertiary/aromatic N) is 2. The van der Waals surface area contributed by atoms with Crippen molar-refractivity contribution in [2.45, 2.75) is 112 Å². The van der Waals surface area contributed by atoms with Crippen LogP contribution in [0.4, 0.5) is 10.1 Å². The Morgan fingerprint density at radius 1 is 0.885 bits per heavy atom. The number of carbonyl (C=O) groups excluding carboxylic acids is 5. The molecule has 4 fully saturated rings. The van der Waals surface area contributed by atoms with Crippen molar-refractivity contribution in [3.8, 4) is 0 Å². The van der Waals surface area contributed by atoms with Crippen molar-refractivity contribution >= 4 is 69.5 Å². The van der Waals surface area contributed by atoms with E-state index >= 15 is 4.39 Å². The van der Waals surface area contributed by atoms with Crippen LogP contribution in [0.15, 0.2) is 59.4 Å².